The molecule has 1 aliphatic rings. The van der Waals surface area contributed by atoms with Crippen LogP contribution in [-0.4, -0.2) is 43.2 Å². The van der Waals surface area contributed by atoms with Gasteiger partial charge in [-0.3, -0.25) is 0 Å². The fourth-order valence-corrected chi connectivity index (χ4v) is 3.67. The largest absolute Gasteiger partial charge is 0.494 e. The standard InChI is InChI=1S/C18H21FN6O2/c1-27-15-7-6-12-17(16(15)19)20-10-21-18(12)22-13-4-2-3-5-14(13)25-8-11(9-26)23-24-25/h6-8,10,13-14,26H,2-5,9H2,1H3,(H,20,21,22)/t13-,14+/m0/s1. The van der Waals surface area contributed by atoms with Crippen LogP contribution < -0.4 is 10.1 Å². The van der Waals surface area contributed by atoms with Gasteiger partial charge < -0.3 is 15.2 Å². The number of ether oxygens (including phenoxy) is 1. The molecule has 0 aliphatic heterocycles. The third-order valence-electron chi connectivity index (χ3n) is 5.04. The van der Waals surface area contributed by atoms with Gasteiger partial charge in [0.2, 0.25) is 0 Å². The lowest BCUT2D eigenvalue weighted by molar-refractivity contribution is 0.276. The van der Waals surface area contributed by atoms with Gasteiger partial charge in [0.05, 0.1) is 32.0 Å². The zero-order chi connectivity index (χ0) is 18.8. The summed E-state index contributed by atoms with van der Waals surface area (Å²) in [6, 6.07) is 3.49. The molecule has 0 spiro atoms. The van der Waals surface area contributed by atoms with Crippen LogP contribution in [0.4, 0.5) is 10.2 Å². The Morgan fingerprint density at radius 1 is 1.30 bits per heavy atom. The van der Waals surface area contributed by atoms with Gasteiger partial charge in [-0.2, -0.15) is 0 Å². The molecule has 142 valence electrons. The van der Waals surface area contributed by atoms with Crippen LogP contribution in [-0.2, 0) is 6.61 Å². The SMILES string of the molecule is COc1ccc2c(N[C@H]3CCCC[C@H]3n3cc(CO)nn3)ncnc2c1F. The van der Waals surface area contributed by atoms with Gasteiger partial charge in [-0.05, 0) is 25.0 Å². The van der Waals surface area contributed by atoms with E-state index in [0.29, 0.717) is 16.9 Å². The zero-order valence-corrected chi connectivity index (χ0v) is 15.0. The Kier molecular flexibility index (Phi) is 4.85. The van der Waals surface area contributed by atoms with E-state index in [0.717, 1.165) is 25.7 Å². The van der Waals surface area contributed by atoms with Gasteiger partial charge in [0.15, 0.2) is 11.6 Å². The maximum absolute atomic E-state index is 14.5. The van der Waals surface area contributed by atoms with Crippen LogP contribution in [0.25, 0.3) is 10.9 Å². The highest BCUT2D eigenvalue weighted by Crippen LogP contribution is 2.33. The van der Waals surface area contributed by atoms with Crippen molar-refractivity contribution in [3.05, 3.63) is 36.2 Å². The van der Waals surface area contributed by atoms with Gasteiger partial charge >= 0.3 is 0 Å². The number of fused-ring (bicyclic) bond motifs is 1. The summed E-state index contributed by atoms with van der Waals surface area (Å²) in [6.07, 6.45) is 7.17. The highest BCUT2D eigenvalue weighted by Gasteiger charge is 2.28. The number of nitrogens with zero attached hydrogens (tertiary/aromatic N) is 5. The summed E-state index contributed by atoms with van der Waals surface area (Å²) in [5, 5.41) is 21.4. The zero-order valence-electron chi connectivity index (χ0n) is 15.0. The van der Waals surface area contributed by atoms with E-state index in [1.54, 1.807) is 23.0 Å². The first-order valence-corrected chi connectivity index (χ1v) is 8.96. The van der Waals surface area contributed by atoms with E-state index in [1.807, 2.05) is 0 Å². The minimum atomic E-state index is -0.496. The van der Waals surface area contributed by atoms with Crippen LogP contribution in [0.5, 0.6) is 5.75 Å². The van der Waals surface area contributed by atoms with Gasteiger partial charge in [0.25, 0.3) is 0 Å². The van der Waals surface area contributed by atoms with Crippen molar-refractivity contribution in [3.8, 4) is 5.75 Å². The van der Waals surface area contributed by atoms with Crippen LogP contribution in [0, 0.1) is 5.82 Å². The number of anilines is 1. The van der Waals surface area contributed by atoms with Crippen LogP contribution in [0.1, 0.15) is 37.4 Å². The fraction of sp³-hybridized carbons (Fsp3) is 0.444. The smallest absolute Gasteiger partial charge is 0.191 e. The molecule has 4 rings (SSSR count). The van der Waals surface area contributed by atoms with Crippen molar-refractivity contribution in [2.45, 2.75) is 44.4 Å². The molecule has 0 saturated heterocycles. The average molecular weight is 372 g/mol. The summed E-state index contributed by atoms with van der Waals surface area (Å²) >= 11 is 0. The third kappa shape index (κ3) is 3.30. The predicted octanol–water partition coefficient (Wildman–Crippen LogP) is 2.46. The second kappa shape index (κ2) is 7.43. The second-order valence-corrected chi connectivity index (χ2v) is 6.65. The molecule has 0 amide bonds. The van der Waals surface area contributed by atoms with Crippen molar-refractivity contribution < 1.29 is 14.2 Å². The Morgan fingerprint density at radius 3 is 2.93 bits per heavy atom. The Morgan fingerprint density at radius 2 is 2.15 bits per heavy atom. The Balaban J connectivity index is 1.66. The summed E-state index contributed by atoms with van der Waals surface area (Å²) in [5.74, 6) is 0.243. The lowest BCUT2D eigenvalue weighted by Crippen LogP contribution is -2.35. The minimum Gasteiger partial charge on any atom is -0.494 e. The molecule has 2 atom stereocenters. The first-order valence-electron chi connectivity index (χ1n) is 8.96. The molecule has 3 aromatic rings. The topological polar surface area (TPSA) is 98.0 Å². The molecule has 9 heteroatoms. The molecular weight excluding hydrogens is 351 g/mol. The van der Waals surface area contributed by atoms with Crippen molar-refractivity contribution in [1.29, 1.82) is 0 Å². The quantitative estimate of drug-likeness (QED) is 0.710. The molecule has 0 radical (unpaired) electrons. The number of hydrogen-bond donors (Lipinski definition) is 2. The van der Waals surface area contributed by atoms with Crippen molar-refractivity contribution in [1.82, 2.24) is 25.0 Å². The molecule has 1 fully saturated rings. The molecular formula is C18H21FN6O2. The van der Waals surface area contributed by atoms with E-state index >= 15 is 0 Å². The number of aromatic nitrogens is 5. The number of halogens is 1. The number of aliphatic hydroxyl groups excluding tert-OH is 1. The van der Waals surface area contributed by atoms with Crippen LogP contribution in [0.3, 0.4) is 0 Å². The van der Waals surface area contributed by atoms with Gasteiger partial charge in [-0.15, -0.1) is 5.10 Å². The highest BCUT2D eigenvalue weighted by molar-refractivity contribution is 5.90. The van der Waals surface area contributed by atoms with E-state index < -0.39 is 5.82 Å². The molecule has 0 bridgehead atoms. The van der Waals surface area contributed by atoms with Gasteiger partial charge in [-0.25, -0.2) is 19.0 Å². The Labute approximate surface area is 155 Å². The second-order valence-electron chi connectivity index (χ2n) is 6.65. The summed E-state index contributed by atoms with van der Waals surface area (Å²) in [4.78, 5) is 8.41. The Hall–Kier alpha value is -2.81. The molecule has 1 aromatic carbocycles. The van der Waals surface area contributed by atoms with Crippen molar-refractivity contribution >= 4 is 16.7 Å². The van der Waals surface area contributed by atoms with E-state index in [2.05, 4.69) is 25.6 Å². The molecule has 2 aromatic heterocycles. The maximum atomic E-state index is 14.5. The molecule has 2 heterocycles. The van der Waals surface area contributed by atoms with E-state index in [4.69, 9.17) is 4.74 Å². The maximum Gasteiger partial charge on any atom is 0.191 e. The van der Waals surface area contributed by atoms with E-state index in [9.17, 15) is 9.50 Å². The first-order chi connectivity index (χ1) is 13.2. The van der Waals surface area contributed by atoms with Gasteiger partial charge in [-0.1, -0.05) is 18.1 Å². The van der Waals surface area contributed by atoms with Crippen LogP contribution in [0.15, 0.2) is 24.7 Å². The van der Waals surface area contributed by atoms with Crippen molar-refractivity contribution in [3.63, 3.8) is 0 Å². The van der Waals surface area contributed by atoms with Gasteiger partial charge in [0.1, 0.15) is 23.4 Å². The number of rotatable bonds is 5. The van der Waals surface area contributed by atoms with Gasteiger partial charge in [0, 0.05) is 5.39 Å². The molecule has 2 N–H and O–H groups in total. The number of hydrogen-bond acceptors (Lipinski definition) is 7. The van der Waals surface area contributed by atoms with E-state index in [1.165, 1.54) is 13.4 Å². The molecule has 1 saturated carbocycles. The number of methoxy groups -OCH3 is 1. The summed E-state index contributed by atoms with van der Waals surface area (Å²) < 4.78 is 21.4. The van der Waals surface area contributed by atoms with Crippen molar-refractivity contribution in [2.75, 3.05) is 12.4 Å². The Bertz CT molecular complexity index is 947. The van der Waals surface area contributed by atoms with Crippen LogP contribution >= 0.6 is 0 Å². The number of nitrogens with one attached hydrogen (secondary N) is 1. The third-order valence-corrected chi connectivity index (χ3v) is 5.04. The van der Waals surface area contributed by atoms with E-state index in [-0.39, 0.29) is 30.0 Å². The minimum absolute atomic E-state index is 0.0651. The monoisotopic (exact) mass is 372 g/mol. The average Bonchev–Trinajstić information content (AvgIpc) is 3.18. The molecule has 27 heavy (non-hydrogen) atoms. The summed E-state index contributed by atoms with van der Waals surface area (Å²) in [6.45, 7) is -0.136. The summed E-state index contributed by atoms with van der Waals surface area (Å²) in [5.41, 5.74) is 0.767. The lowest BCUT2D eigenvalue weighted by Gasteiger charge is -2.32. The predicted molar refractivity (Wildman–Crippen MR) is 96.9 cm³/mol. The highest BCUT2D eigenvalue weighted by atomic mass is 19.1. The number of aliphatic hydroxyl groups is 1. The molecule has 0 unspecified atom stereocenters. The lowest BCUT2D eigenvalue weighted by atomic mass is 9.90. The number of benzene rings is 1. The summed E-state index contributed by atoms with van der Waals surface area (Å²) in [7, 11) is 1.43. The molecule has 1 aliphatic carbocycles. The normalized spacial score (nSPS) is 20.0. The first kappa shape index (κ1) is 17.6. The molecule has 8 nitrogen and oxygen atoms in total. The van der Waals surface area contributed by atoms with Crippen molar-refractivity contribution in [2.24, 2.45) is 0 Å². The fourth-order valence-electron chi connectivity index (χ4n) is 3.67. The van der Waals surface area contributed by atoms with Crippen LogP contribution in [0.2, 0.25) is 0 Å².